The van der Waals surface area contributed by atoms with Crippen LogP contribution in [0.15, 0.2) is 0 Å². The van der Waals surface area contributed by atoms with Crippen LogP contribution in [0.5, 0.6) is 0 Å². The summed E-state index contributed by atoms with van der Waals surface area (Å²) in [5, 5.41) is 12.4. The summed E-state index contributed by atoms with van der Waals surface area (Å²) in [6, 6.07) is 2.33. The van der Waals surface area contributed by atoms with Crippen molar-refractivity contribution in [2.45, 2.75) is 47.0 Å². The topological polar surface area (TPSA) is 45.0 Å². The van der Waals surface area contributed by atoms with E-state index in [1.165, 1.54) is 0 Å². The van der Waals surface area contributed by atoms with Gasteiger partial charge in [0.25, 0.3) is 0 Å². The number of nitrogens with one attached hydrogen (secondary N) is 1. The lowest BCUT2D eigenvalue weighted by Gasteiger charge is -2.25. The molecule has 0 unspecified atom stereocenters. The van der Waals surface area contributed by atoms with Crippen LogP contribution in [0.2, 0.25) is 0 Å². The monoisotopic (exact) mass is 240 g/mol. The maximum absolute atomic E-state index is 8.89. The molecule has 0 saturated carbocycles. The first-order chi connectivity index (χ1) is 7.83. The van der Waals surface area contributed by atoms with E-state index in [0.29, 0.717) is 0 Å². The van der Waals surface area contributed by atoms with E-state index < -0.39 is 0 Å². The Morgan fingerprint density at radius 3 is 2.35 bits per heavy atom. The average molecular weight is 240 g/mol. The van der Waals surface area contributed by atoms with Crippen molar-refractivity contribution in [1.82, 2.24) is 5.32 Å². The predicted octanol–water partition coefficient (Wildman–Crippen LogP) is 2.97. The zero-order valence-corrected chi connectivity index (χ0v) is 12.1. The minimum absolute atomic E-state index is 0.187. The van der Waals surface area contributed by atoms with Crippen LogP contribution in [0, 0.1) is 22.2 Å². The average Bonchev–Trinajstić information content (AvgIpc) is 2.26. The Morgan fingerprint density at radius 1 is 1.18 bits per heavy atom. The summed E-state index contributed by atoms with van der Waals surface area (Å²) in [5.74, 6) is 0. The van der Waals surface area contributed by atoms with Gasteiger partial charge in [-0.2, -0.15) is 5.26 Å². The van der Waals surface area contributed by atoms with E-state index in [1.54, 1.807) is 7.11 Å². The lowest BCUT2D eigenvalue weighted by molar-refractivity contribution is 0.150. The van der Waals surface area contributed by atoms with Crippen molar-refractivity contribution in [3.63, 3.8) is 0 Å². The maximum atomic E-state index is 8.89. The molecule has 3 heteroatoms. The molecule has 0 rings (SSSR count). The third-order valence-corrected chi connectivity index (χ3v) is 3.04. The number of hydrogen-bond donors (Lipinski definition) is 1. The van der Waals surface area contributed by atoms with Gasteiger partial charge in [0.15, 0.2) is 0 Å². The number of rotatable bonds is 9. The third-order valence-electron chi connectivity index (χ3n) is 3.04. The minimum Gasteiger partial charge on any atom is -0.385 e. The van der Waals surface area contributed by atoms with E-state index in [9.17, 15) is 0 Å². The second kappa shape index (κ2) is 7.68. The highest BCUT2D eigenvalue weighted by atomic mass is 16.5. The molecule has 0 atom stereocenters. The van der Waals surface area contributed by atoms with Gasteiger partial charge in [0.2, 0.25) is 0 Å². The Labute approximate surface area is 107 Å². The predicted molar refractivity (Wildman–Crippen MR) is 71.8 cm³/mol. The van der Waals surface area contributed by atoms with Gasteiger partial charge in [-0.1, -0.05) is 13.8 Å². The molecule has 0 aliphatic heterocycles. The number of methoxy groups -OCH3 is 1. The maximum Gasteiger partial charge on any atom is 0.0683 e. The first-order valence-electron chi connectivity index (χ1n) is 6.44. The summed E-state index contributed by atoms with van der Waals surface area (Å²) in [6.45, 7) is 11.3. The zero-order chi connectivity index (χ0) is 13.4. The summed E-state index contributed by atoms with van der Waals surface area (Å²) >= 11 is 0. The van der Waals surface area contributed by atoms with Gasteiger partial charge in [0.1, 0.15) is 0 Å². The molecule has 17 heavy (non-hydrogen) atoms. The van der Waals surface area contributed by atoms with Crippen molar-refractivity contribution in [3.8, 4) is 6.07 Å². The Hall–Kier alpha value is -0.590. The SMILES string of the molecule is COCCC(C)(C)CNCCCC(C)(C)C#N. The highest BCUT2D eigenvalue weighted by molar-refractivity contribution is 4.91. The molecule has 0 bridgehead atoms. The Kier molecular flexibility index (Phi) is 7.41. The smallest absolute Gasteiger partial charge is 0.0683 e. The summed E-state index contributed by atoms with van der Waals surface area (Å²) < 4.78 is 5.10. The van der Waals surface area contributed by atoms with E-state index in [0.717, 1.165) is 39.0 Å². The molecule has 0 aromatic carbocycles. The summed E-state index contributed by atoms with van der Waals surface area (Å²) in [6.07, 6.45) is 3.08. The highest BCUT2D eigenvalue weighted by Gasteiger charge is 2.18. The van der Waals surface area contributed by atoms with E-state index in [-0.39, 0.29) is 10.8 Å². The molecule has 0 saturated heterocycles. The van der Waals surface area contributed by atoms with Gasteiger partial charge in [0.05, 0.1) is 11.5 Å². The van der Waals surface area contributed by atoms with Gasteiger partial charge in [-0.05, 0) is 45.1 Å². The molecule has 100 valence electrons. The van der Waals surface area contributed by atoms with Crippen LogP contribution >= 0.6 is 0 Å². The molecule has 0 aliphatic rings. The van der Waals surface area contributed by atoms with Gasteiger partial charge in [-0.3, -0.25) is 0 Å². The summed E-state index contributed by atoms with van der Waals surface area (Å²) in [7, 11) is 1.74. The lowest BCUT2D eigenvalue weighted by atomic mass is 9.88. The standard InChI is InChI=1S/C14H28N2O/c1-13(2,11-15)7-6-9-16-12-14(3,4)8-10-17-5/h16H,6-10,12H2,1-5H3. The number of hydrogen-bond acceptors (Lipinski definition) is 3. The second-order valence-electron chi connectivity index (χ2n) is 6.18. The van der Waals surface area contributed by atoms with Gasteiger partial charge in [-0.15, -0.1) is 0 Å². The normalized spacial score (nSPS) is 12.5. The fraction of sp³-hybridized carbons (Fsp3) is 0.929. The van der Waals surface area contributed by atoms with Crippen molar-refractivity contribution in [2.24, 2.45) is 10.8 Å². The molecule has 0 aliphatic carbocycles. The minimum atomic E-state index is -0.187. The van der Waals surface area contributed by atoms with Gasteiger partial charge in [-0.25, -0.2) is 0 Å². The molecule has 0 radical (unpaired) electrons. The van der Waals surface area contributed by atoms with Crippen molar-refractivity contribution in [3.05, 3.63) is 0 Å². The van der Waals surface area contributed by atoms with E-state index >= 15 is 0 Å². The fourth-order valence-electron chi connectivity index (χ4n) is 1.60. The van der Waals surface area contributed by atoms with Crippen LogP contribution in [0.4, 0.5) is 0 Å². The molecule has 0 spiro atoms. The first kappa shape index (κ1) is 16.4. The molecule has 0 aromatic heterocycles. The van der Waals surface area contributed by atoms with E-state index in [2.05, 4.69) is 25.2 Å². The molecule has 0 fully saturated rings. The summed E-state index contributed by atoms with van der Waals surface area (Å²) in [4.78, 5) is 0. The quantitative estimate of drug-likeness (QED) is 0.630. The second-order valence-corrected chi connectivity index (χ2v) is 6.18. The van der Waals surface area contributed by atoms with Crippen LogP contribution in [0.25, 0.3) is 0 Å². The van der Waals surface area contributed by atoms with E-state index in [1.807, 2.05) is 13.8 Å². The van der Waals surface area contributed by atoms with Crippen molar-refractivity contribution >= 4 is 0 Å². The Morgan fingerprint density at radius 2 is 1.82 bits per heavy atom. The Bertz CT molecular complexity index is 241. The molecular weight excluding hydrogens is 212 g/mol. The number of ether oxygens (including phenoxy) is 1. The lowest BCUT2D eigenvalue weighted by Crippen LogP contribution is -2.31. The summed E-state index contributed by atoms with van der Waals surface area (Å²) in [5.41, 5.74) is 0.0913. The van der Waals surface area contributed by atoms with Gasteiger partial charge < -0.3 is 10.1 Å². The fourth-order valence-corrected chi connectivity index (χ4v) is 1.60. The zero-order valence-electron chi connectivity index (χ0n) is 12.1. The van der Waals surface area contributed by atoms with Crippen molar-refractivity contribution in [1.29, 1.82) is 5.26 Å². The van der Waals surface area contributed by atoms with Crippen LogP contribution < -0.4 is 5.32 Å². The van der Waals surface area contributed by atoms with Gasteiger partial charge in [0, 0.05) is 20.3 Å². The molecule has 0 aromatic rings. The Balaban J connectivity index is 3.61. The molecule has 3 nitrogen and oxygen atoms in total. The highest BCUT2D eigenvalue weighted by Crippen LogP contribution is 2.21. The van der Waals surface area contributed by atoms with Crippen molar-refractivity contribution in [2.75, 3.05) is 26.8 Å². The van der Waals surface area contributed by atoms with Crippen LogP contribution in [-0.2, 0) is 4.74 Å². The molecular formula is C14H28N2O. The molecule has 1 N–H and O–H groups in total. The molecule has 0 heterocycles. The van der Waals surface area contributed by atoms with Crippen molar-refractivity contribution < 1.29 is 4.74 Å². The largest absolute Gasteiger partial charge is 0.385 e. The number of nitrogens with zero attached hydrogens (tertiary/aromatic N) is 1. The van der Waals surface area contributed by atoms with Crippen LogP contribution in [0.1, 0.15) is 47.0 Å². The number of nitriles is 1. The van der Waals surface area contributed by atoms with Crippen LogP contribution in [0.3, 0.4) is 0 Å². The molecule has 0 amide bonds. The van der Waals surface area contributed by atoms with Crippen LogP contribution in [-0.4, -0.2) is 26.8 Å². The first-order valence-corrected chi connectivity index (χ1v) is 6.44. The van der Waals surface area contributed by atoms with Gasteiger partial charge >= 0.3 is 0 Å². The van der Waals surface area contributed by atoms with E-state index in [4.69, 9.17) is 10.00 Å². The third kappa shape index (κ3) is 9.14.